The number of thioether (sulfide) groups is 1. The molecule has 0 bridgehead atoms. The van der Waals surface area contributed by atoms with Crippen molar-refractivity contribution < 1.29 is 19.1 Å². The number of nitrogens with zero attached hydrogens (tertiary/aromatic N) is 1. The van der Waals surface area contributed by atoms with Crippen molar-refractivity contribution in [2.45, 2.75) is 13.8 Å². The van der Waals surface area contributed by atoms with E-state index in [-0.39, 0.29) is 18.4 Å². The molecule has 4 rings (SSSR count). The Morgan fingerprint density at radius 3 is 2.17 bits per heavy atom. The summed E-state index contributed by atoms with van der Waals surface area (Å²) in [5, 5.41) is 2.80. The van der Waals surface area contributed by atoms with Gasteiger partial charge < -0.3 is 14.8 Å². The van der Waals surface area contributed by atoms with Gasteiger partial charge in [0.15, 0.2) is 6.61 Å². The van der Waals surface area contributed by atoms with Crippen LogP contribution in [-0.4, -0.2) is 34.2 Å². The van der Waals surface area contributed by atoms with E-state index in [4.69, 9.17) is 21.7 Å². The van der Waals surface area contributed by atoms with Crippen molar-refractivity contribution in [1.29, 1.82) is 0 Å². The molecule has 0 aromatic heterocycles. The average molecular weight is 505 g/mol. The Bertz CT molecular complexity index is 1250. The quantitative estimate of drug-likeness (QED) is 0.299. The highest BCUT2D eigenvalue weighted by Gasteiger charge is 2.30. The summed E-state index contributed by atoms with van der Waals surface area (Å²) in [5.74, 6) is 1.65. The summed E-state index contributed by atoms with van der Waals surface area (Å²) < 4.78 is 12.0. The molecule has 1 aliphatic heterocycles. The fourth-order valence-electron chi connectivity index (χ4n) is 3.28. The van der Waals surface area contributed by atoms with Gasteiger partial charge in [-0.1, -0.05) is 53.8 Å². The van der Waals surface area contributed by atoms with Crippen LogP contribution in [0.25, 0.3) is 6.08 Å². The first-order chi connectivity index (χ1) is 16.9. The van der Waals surface area contributed by atoms with E-state index in [1.807, 2.05) is 50.2 Å². The normalized spacial score (nSPS) is 14.3. The Morgan fingerprint density at radius 2 is 1.57 bits per heavy atom. The number of ether oxygens (including phenoxy) is 2. The second-order valence-electron chi connectivity index (χ2n) is 7.77. The molecule has 1 heterocycles. The topological polar surface area (TPSA) is 67.9 Å². The Morgan fingerprint density at radius 1 is 0.971 bits per heavy atom. The summed E-state index contributed by atoms with van der Waals surface area (Å²) >= 11 is 6.53. The van der Waals surface area contributed by atoms with Crippen LogP contribution in [0.4, 0.5) is 5.69 Å². The predicted molar refractivity (Wildman–Crippen MR) is 144 cm³/mol. The van der Waals surface area contributed by atoms with E-state index in [1.54, 1.807) is 47.4 Å². The molecule has 0 saturated carbocycles. The van der Waals surface area contributed by atoms with Crippen molar-refractivity contribution in [3.63, 3.8) is 0 Å². The van der Waals surface area contributed by atoms with Crippen LogP contribution in [0.2, 0.25) is 0 Å². The SMILES string of the molecule is CCN1C(=O)/C(=C/c2ccc(NC(=O)COc3ccc(Oc4ccc(C)cc4)cc3)cc2)SC1=S. The lowest BCUT2D eigenvalue weighted by Gasteiger charge is -2.10. The minimum Gasteiger partial charge on any atom is -0.484 e. The minimum atomic E-state index is -0.276. The zero-order valence-corrected chi connectivity index (χ0v) is 20.9. The molecular formula is C27H24N2O4S2. The molecule has 3 aromatic carbocycles. The third-order valence-electron chi connectivity index (χ3n) is 5.13. The molecule has 6 nitrogen and oxygen atoms in total. The summed E-state index contributed by atoms with van der Waals surface area (Å²) in [7, 11) is 0. The smallest absolute Gasteiger partial charge is 0.266 e. The van der Waals surface area contributed by atoms with Crippen LogP contribution >= 0.6 is 24.0 Å². The van der Waals surface area contributed by atoms with Gasteiger partial charge in [0.05, 0.1) is 4.91 Å². The fraction of sp³-hybridized carbons (Fsp3) is 0.148. The lowest BCUT2D eigenvalue weighted by molar-refractivity contribution is -0.122. The molecular weight excluding hydrogens is 480 g/mol. The number of nitrogens with one attached hydrogen (secondary N) is 1. The lowest BCUT2D eigenvalue weighted by Crippen LogP contribution is -2.27. The Kier molecular flexibility index (Phi) is 7.84. The molecule has 178 valence electrons. The van der Waals surface area contributed by atoms with Crippen molar-refractivity contribution in [3.05, 3.63) is 88.8 Å². The van der Waals surface area contributed by atoms with Gasteiger partial charge in [0, 0.05) is 12.2 Å². The summed E-state index contributed by atoms with van der Waals surface area (Å²) in [5.41, 5.74) is 2.66. The summed E-state index contributed by atoms with van der Waals surface area (Å²) in [6.07, 6.45) is 1.80. The van der Waals surface area contributed by atoms with Gasteiger partial charge in [-0.15, -0.1) is 0 Å². The first-order valence-corrected chi connectivity index (χ1v) is 12.3. The maximum absolute atomic E-state index is 12.3. The monoisotopic (exact) mass is 504 g/mol. The van der Waals surface area contributed by atoms with E-state index in [0.717, 1.165) is 11.3 Å². The Hall–Kier alpha value is -3.62. The third-order valence-corrected chi connectivity index (χ3v) is 6.51. The summed E-state index contributed by atoms with van der Waals surface area (Å²) in [6, 6.07) is 22.1. The number of amides is 2. The number of rotatable bonds is 8. The van der Waals surface area contributed by atoms with E-state index in [0.29, 0.717) is 33.0 Å². The van der Waals surface area contributed by atoms with Crippen LogP contribution in [0.5, 0.6) is 17.2 Å². The van der Waals surface area contributed by atoms with Crippen molar-refractivity contribution in [3.8, 4) is 17.2 Å². The van der Waals surface area contributed by atoms with Crippen LogP contribution in [-0.2, 0) is 9.59 Å². The standard InChI is InChI=1S/C27H24N2O4S2/c1-3-29-26(31)24(35-27(29)34)16-19-6-8-20(9-7-19)28-25(30)17-32-21-12-14-23(15-13-21)33-22-10-4-18(2)5-11-22/h4-16H,3,17H2,1-2H3,(H,28,30)/b24-16-. The van der Waals surface area contributed by atoms with Crippen LogP contribution in [0.3, 0.4) is 0 Å². The van der Waals surface area contributed by atoms with Crippen molar-refractivity contribution in [2.75, 3.05) is 18.5 Å². The van der Waals surface area contributed by atoms with Gasteiger partial charge in [-0.25, -0.2) is 0 Å². The highest BCUT2D eigenvalue weighted by Crippen LogP contribution is 2.32. The number of carbonyl (C=O) groups excluding carboxylic acids is 2. The largest absolute Gasteiger partial charge is 0.484 e. The number of hydrogen-bond donors (Lipinski definition) is 1. The third kappa shape index (κ3) is 6.49. The highest BCUT2D eigenvalue weighted by atomic mass is 32.2. The Labute approximate surface area is 213 Å². The lowest BCUT2D eigenvalue weighted by atomic mass is 10.2. The van der Waals surface area contributed by atoms with E-state index >= 15 is 0 Å². The van der Waals surface area contributed by atoms with Crippen LogP contribution < -0.4 is 14.8 Å². The molecule has 0 spiro atoms. The first kappa shape index (κ1) is 24.5. The Balaban J connectivity index is 1.26. The van der Waals surface area contributed by atoms with Crippen molar-refractivity contribution in [2.24, 2.45) is 0 Å². The average Bonchev–Trinajstić information content (AvgIpc) is 3.13. The van der Waals surface area contributed by atoms with Gasteiger partial charge in [-0.05, 0) is 74.0 Å². The molecule has 1 fully saturated rings. The minimum absolute atomic E-state index is 0.0771. The fourth-order valence-corrected chi connectivity index (χ4v) is 4.66. The van der Waals surface area contributed by atoms with Gasteiger partial charge in [-0.2, -0.15) is 0 Å². The molecule has 0 radical (unpaired) electrons. The predicted octanol–water partition coefficient (Wildman–Crippen LogP) is 6.03. The van der Waals surface area contributed by atoms with Crippen LogP contribution in [0, 0.1) is 6.92 Å². The zero-order valence-electron chi connectivity index (χ0n) is 19.3. The maximum atomic E-state index is 12.3. The molecule has 0 aliphatic carbocycles. The number of anilines is 1. The summed E-state index contributed by atoms with van der Waals surface area (Å²) in [4.78, 5) is 26.8. The van der Waals surface area contributed by atoms with Crippen LogP contribution in [0.1, 0.15) is 18.1 Å². The molecule has 0 unspecified atom stereocenters. The molecule has 8 heteroatoms. The van der Waals surface area contributed by atoms with E-state index in [2.05, 4.69) is 5.32 Å². The molecule has 1 N–H and O–H groups in total. The van der Waals surface area contributed by atoms with Crippen LogP contribution in [0.15, 0.2) is 77.7 Å². The molecule has 2 amide bonds. The van der Waals surface area contributed by atoms with Gasteiger partial charge >= 0.3 is 0 Å². The number of hydrogen-bond acceptors (Lipinski definition) is 6. The van der Waals surface area contributed by atoms with Gasteiger partial charge in [0.25, 0.3) is 11.8 Å². The second-order valence-corrected chi connectivity index (χ2v) is 9.45. The number of carbonyl (C=O) groups is 2. The molecule has 1 aliphatic rings. The van der Waals surface area contributed by atoms with Gasteiger partial charge in [0.1, 0.15) is 21.6 Å². The van der Waals surface area contributed by atoms with Crippen molar-refractivity contribution >= 4 is 51.9 Å². The molecule has 0 atom stereocenters. The highest BCUT2D eigenvalue weighted by molar-refractivity contribution is 8.26. The first-order valence-electron chi connectivity index (χ1n) is 11.0. The van der Waals surface area contributed by atoms with Gasteiger partial charge in [0.2, 0.25) is 0 Å². The molecule has 3 aromatic rings. The van der Waals surface area contributed by atoms with Crippen molar-refractivity contribution in [1.82, 2.24) is 4.90 Å². The maximum Gasteiger partial charge on any atom is 0.266 e. The van der Waals surface area contributed by atoms with Gasteiger partial charge in [-0.3, -0.25) is 14.5 Å². The number of likely N-dealkylation sites (N-methyl/N-ethyl adjacent to an activating group) is 1. The van der Waals surface area contributed by atoms with E-state index in [9.17, 15) is 9.59 Å². The number of thiocarbonyl (C=S) groups is 1. The van der Waals surface area contributed by atoms with E-state index < -0.39 is 0 Å². The van der Waals surface area contributed by atoms with E-state index in [1.165, 1.54) is 17.3 Å². The molecule has 35 heavy (non-hydrogen) atoms. The number of aryl methyl sites for hydroxylation is 1. The second kappa shape index (κ2) is 11.2. The number of benzene rings is 3. The summed E-state index contributed by atoms with van der Waals surface area (Å²) in [6.45, 7) is 4.35. The molecule has 1 saturated heterocycles. The zero-order chi connectivity index (χ0) is 24.8.